The summed E-state index contributed by atoms with van der Waals surface area (Å²) in [6, 6.07) is 8.02. The molecule has 0 saturated heterocycles. The molecule has 0 fully saturated rings. The molecule has 0 aliphatic heterocycles. The fourth-order valence-corrected chi connectivity index (χ4v) is 3.76. The van der Waals surface area contributed by atoms with E-state index in [4.69, 9.17) is 4.98 Å². The van der Waals surface area contributed by atoms with Crippen molar-refractivity contribution in [3.63, 3.8) is 0 Å². The number of rotatable bonds is 6. The van der Waals surface area contributed by atoms with Crippen LogP contribution in [0.2, 0.25) is 0 Å². The predicted molar refractivity (Wildman–Crippen MR) is 110 cm³/mol. The largest absolute Gasteiger partial charge is 0.324 e. The molecule has 0 radical (unpaired) electrons. The van der Waals surface area contributed by atoms with Gasteiger partial charge in [-0.05, 0) is 52.2 Å². The van der Waals surface area contributed by atoms with Gasteiger partial charge in [0.05, 0.1) is 36.8 Å². The number of aromatic nitrogens is 5. The molecule has 4 aromatic rings. The average molecular weight is 493 g/mol. The molecule has 0 aliphatic carbocycles. The molecule has 138 valence electrons. The van der Waals surface area contributed by atoms with Gasteiger partial charge in [-0.25, -0.2) is 9.97 Å². The van der Waals surface area contributed by atoms with Gasteiger partial charge in [0.25, 0.3) is 0 Å². The van der Waals surface area contributed by atoms with E-state index in [9.17, 15) is 4.39 Å². The molecule has 0 aliphatic rings. The van der Waals surface area contributed by atoms with Gasteiger partial charge in [-0.2, -0.15) is 0 Å². The predicted octanol–water partition coefficient (Wildman–Crippen LogP) is 5.23. The molecular weight excluding hydrogens is 477 g/mol. The smallest absolute Gasteiger partial charge is 0.142 e. The number of benzene rings is 1. The monoisotopic (exact) mass is 491 g/mol. The van der Waals surface area contributed by atoms with Crippen LogP contribution in [-0.2, 0) is 13.1 Å². The highest BCUT2D eigenvalue weighted by Gasteiger charge is 2.14. The quantitative estimate of drug-likeness (QED) is 0.370. The molecular formula is C19H16Br2FN5. The van der Waals surface area contributed by atoms with E-state index < -0.39 is 0 Å². The van der Waals surface area contributed by atoms with E-state index in [-0.39, 0.29) is 6.67 Å². The molecule has 0 N–H and O–H groups in total. The van der Waals surface area contributed by atoms with Gasteiger partial charge >= 0.3 is 0 Å². The summed E-state index contributed by atoms with van der Waals surface area (Å²) in [5, 5.41) is 0. The van der Waals surface area contributed by atoms with Crippen LogP contribution in [-0.4, -0.2) is 30.8 Å². The lowest BCUT2D eigenvalue weighted by Crippen LogP contribution is -2.03. The van der Waals surface area contributed by atoms with E-state index in [2.05, 4.69) is 52.5 Å². The summed E-state index contributed by atoms with van der Waals surface area (Å²) in [5.41, 5.74) is 3.82. The third-order valence-electron chi connectivity index (χ3n) is 4.29. The minimum atomic E-state index is -0.361. The Hall–Kier alpha value is -2.06. The van der Waals surface area contributed by atoms with Gasteiger partial charge in [-0.1, -0.05) is 15.9 Å². The number of imidazole rings is 2. The highest BCUT2D eigenvalue weighted by Crippen LogP contribution is 2.28. The molecule has 0 saturated carbocycles. The second-order valence-corrected chi connectivity index (χ2v) is 7.92. The molecule has 8 heteroatoms. The molecule has 4 rings (SSSR count). The van der Waals surface area contributed by atoms with Crippen molar-refractivity contribution >= 4 is 42.9 Å². The molecule has 0 amide bonds. The highest BCUT2D eigenvalue weighted by molar-refractivity contribution is 9.10. The molecule has 0 bridgehead atoms. The topological polar surface area (TPSA) is 48.5 Å². The van der Waals surface area contributed by atoms with Crippen LogP contribution in [0, 0.1) is 0 Å². The van der Waals surface area contributed by atoms with Crippen LogP contribution >= 0.6 is 31.9 Å². The minimum Gasteiger partial charge on any atom is -0.324 e. The summed E-state index contributed by atoms with van der Waals surface area (Å²) < 4.78 is 18.8. The maximum atomic E-state index is 12.8. The van der Waals surface area contributed by atoms with Gasteiger partial charge in [0, 0.05) is 29.0 Å². The molecule has 5 nitrogen and oxygen atoms in total. The SMILES string of the molecule is FCCCn1c(-c2cncc(Cn3cncc3Br)c2)nc2ccc(Br)cc21. The van der Waals surface area contributed by atoms with Crippen molar-refractivity contribution in [2.75, 3.05) is 6.67 Å². The van der Waals surface area contributed by atoms with E-state index in [1.54, 1.807) is 18.7 Å². The number of halogens is 3. The Labute approximate surface area is 172 Å². The Kier molecular flexibility index (Phi) is 5.36. The number of aryl methyl sites for hydroxylation is 1. The molecule has 1 aromatic carbocycles. The first-order valence-corrected chi connectivity index (χ1v) is 10.1. The summed E-state index contributed by atoms with van der Waals surface area (Å²) in [6.45, 7) is 0.855. The van der Waals surface area contributed by atoms with Gasteiger partial charge < -0.3 is 9.13 Å². The first kappa shape index (κ1) is 18.3. The fourth-order valence-electron chi connectivity index (χ4n) is 3.07. The van der Waals surface area contributed by atoms with E-state index in [0.29, 0.717) is 19.5 Å². The molecule has 0 spiro atoms. The Balaban J connectivity index is 1.77. The standard InChI is InChI=1S/C19H16Br2FN5/c20-15-2-3-16-17(7-15)27(5-1-4-22)19(25-16)14-6-13(8-23-9-14)11-26-12-24-10-18(26)21/h2-3,6-10,12H,1,4-5,11H2. The molecule has 3 aromatic heterocycles. The second-order valence-electron chi connectivity index (χ2n) is 6.19. The van der Waals surface area contributed by atoms with Crippen molar-refractivity contribution in [2.45, 2.75) is 19.5 Å². The Morgan fingerprint density at radius 2 is 1.93 bits per heavy atom. The zero-order chi connectivity index (χ0) is 18.8. The van der Waals surface area contributed by atoms with Crippen molar-refractivity contribution in [3.8, 4) is 11.4 Å². The number of nitrogens with zero attached hydrogens (tertiary/aromatic N) is 5. The van der Waals surface area contributed by atoms with Crippen molar-refractivity contribution < 1.29 is 4.39 Å². The normalized spacial score (nSPS) is 11.4. The zero-order valence-electron chi connectivity index (χ0n) is 14.3. The average Bonchev–Trinajstić information content (AvgIpc) is 3.23. The fraction of sp³-hybridized carbons (Fsp3) is 0.211. The Morgan fingerprint density at radius 3 is 2.70 bits per heavy atom. The number of hydrogen-bond acceptors (Lipinski definition) is 3. The van der Waals surface area contributed by atoms with Crippen molar-refractivity contribution in [1.29, 1.82) is 0 Å². The first-order chi connectivity index (χ1) is 13.2. The lowest BCUT2D eigenvalue weighted by molar-refractivity contribution is 0.450. The first-order valence-electron chi connectivity index (χ1n) is 8.47. The second kappa shape index (κ2) is 7.90. The summed E-state index contributed by atoms with van der Waals surface area (Å²) in [5.74, 6) is 0.801. The summed E-state index contributed by atoms with van der Waals surface area (Å²) in [6.07, 6.45) is 7.60. The van der Waals surface area contributed by atoms with Gasteiger partial charge in [0.1, 0.15) is 10.4 Å². The van der Waals surface area contributed by atoms with Crippen LogP contribution in [0.5, 0.6) is 0 Å². The van der Waals surface area contributed by atoms with Crippen LogP contribution < -0.4 is 0 Å². The van der Waals surface area contributed by atoms with Crippen LogP contribution in [0.25, 0.3) is 22.4 Å². The van der Waals surface area contributed by atoms with E-state index in [0.717, 1.165) is 37.1 Å². The molecule has 0 atom stereocenters. The van der Waals surface area contributed by atoms with Crippen LogP contribution in [0.3, 0.4) is 0 Å². The molecule has 3 heterocycles. The molecule has 0 unspecified atom stereocenters. The number of hydrogen-bond donors (Lipinski definition) is 0. The Bertz CT molecular complexity index is 1090. The Morgan fingerprint density at radius 1 is 1.04 bits per heavy atom. The van der Waals surface area contributed by atoms with Gasteiger partial charge in [0.2, 0.25) is 0 Å². The number of alkyl halides is 1. The minimum absolute atomic E-state index is 0.361. The number of pyridine rings is 1. The maximum Gasteiger partial charge on any atom is 0.142 e. The van der Waals surface area contributed by atoms with Crippen molar-refractivity contribution in [3.05, 3.63) is 63.8 Å². The van der Waals surface area contributed by atoms with Crippen LogP contribution in [0.15, 0.2) is 58.3 Å². The highest BCUT2D eigenvalue weighted by atomic mass is 79.9. The van der Waals surface area contributed by atoms with E-state index >= 15 is 0 Å². The van der Waals surface area contributed by atoms with Gasteiger partial charge in [-0.15, -0.1) is 0 Å². The maximum absolute atomic E-state index is 12.8. The lowest BCUT2D eigenvalue weighted by Gasteiger charge is -2.10. The third kappa shape index (κ3) is 3.82. The van der Waals surface area contributed by atoms with E-state index in [1.807, 2.05) is 29.0 Å². The summed E-state index contributed by atoms with van der Waals surface area (Å²) in [7, 11) is 0. The zero-order valence-corrected chi connectivity index (χ0v) is 17.5. The van der Waals surface area contributed by atoms with Gasteiger partial charge in [-0.3, -0.25) is 9.37 Å². The molecule has 27 heavy (non-hydrogen) atoms. The third-order valence-corrected chi connectivity index (χ3v) is 5.45. The van der Waals surface area contributed by atoms with Crippen LogP contribution in [0.4, 0.5) is 4.39 Å². The number of fused-ring (bicyclic) bond motifs is 1. The summed E-state index contributed by atoms with van der Waals surface area (Å²) in [4.78, 5) is 13.3. The van der Waals surface area contributed by atoms with E-state index in [1.165, 1.54) is 0 Å². The van der Waals surface area contributed by atoms with Gasteiger partial charge in [0.15, 0.2) is 0 Å². The lowest BCUT2D eigenvalue weighted by atomic mass is 10.2. The van der Waals surface area contributed by atoms with Crippen LogP contribution in [0.1, 0.15) is 12.0 Å². The van der Waals surface area contributed by atoms with Crippen molar-refractivity contribution in [2.24, 2.45) is 0 Å². The summed E-state index contributed by atoms with van der Waals surface area (Å²) >= 11 is 6.99. The van der Waals surface area contributed by atoms with Crippen molar-refractivity contribution in [1.82, 2.24) is 24.1 Å².